The van der Waals surface area contributed by atoms with E-state index in [1.54, 1.807) is 0 Å². The fourth-order valence-corrected chi connectivity index (χ4v) is 1.50. The van der Waals surface area contributed by atoms with Gasteiger partial charge >= 0.3 is 0 Å². The third kappa shape index (κ3) is 2.08. The summed E-state index contributed by atoms with van der Waals surface area (Å²) in [6.45, 7) is 3.13. The van der Waals surface area contributed by atoms with Gasteiger partial charge in [-0.3, -0.25) is 0 Å². The second-order valence-electron chi connectivity index (χ2n) is 3.39. The molecule has 14 heavy (non-hydrogen) atoms. The Bertz CT molecular complexity index is 344. The number of ether oxygens (including phenoxy) is 1. The number of benzene rings is 1. The lowest BCUT2D eigenvalue weighted by Crippen LogP contribution is -2.12. The van der Waals surface area contributed by atoms with Gasteiger partial charge in [-0.2, -0.15) is 0 Å². The lowest BCUT2D eigenvalue weighted by atomic mass is 10.2. The maximum absolute atomic E-state index is 5.67. The SMILES string of the molecule is CCc1cccc(OC2=CCCN2)c1. The van der Waals surface area contributed by atoms with Gasteiger partial charge in [-0.1, -0.05) is 19.1 Å². The first kappa shape index (κ1) is 9.13. The predicted octanol–water partition coefficient (Wildman–Crippen LogP) is 2.46. The lowest BCUT2D eigenvalue weighted by Gasteiger charge is -2.07. The molecule has 0 saturated carbocycles. The highest BCUT2D eigenvalue weighted by Crippen LogP contribution is 2.17. The van der Waals surface area contributed by atoms with Crippen LogP contribution in [0.4, 0.5) is 0 Å². The molecule has 0 aliphatic carbocycles. The highest BCUT2D eigenvalue weighted by atomic mass is 16.5. The summed E-state index contributed by atoms with van der Waals surface area (Å²) in [5.41, 5.74) is 1.31. The van der Waals surface area contributed by atoms with E-state index in [2.05, 4.69) is 30.4 Å². The van der Waals surface area contributed by atoms with Crippen LogP contribution >= 0.6 is 0 Å². The minimum atomic E-state index is 0.887. The number of nitrogens with one attached hydrogen (secondary N) is 1. The first-order valence-corrected chi connectivity index (χ1v) is 5.09. The molecule has 0 radical (unpaired) electrons. The van der Waals surface area contributed by atoms with Crippen LogP contribution in [0.25, 0.3) is 0 Å². The Balaban J connectivity index is 2.08. The molecule has 0 bridgehead atoms. The molecule has 74 valence electrons. The van der Waals surface area contributed by atoms with Gasteiger partial charge in [-0.25, -0.2) is 0 Å². The van der Waals surface area contributed by atoms with Crippen LogP contribution in [0.5, 0.6) is 5.75 Å². The van der Waals surface area contributed by atoms with Gasteiger partial charge in [0.2, 0.25) is 0 Å². The lowest BCUT2D eigenvalue weighted by molar-refractivity contribution is 0.394. The molecule has 2 rings (SSSR count). The second-order valence-corrected chi connectivity index (χ2v) is 3.39. The van der Waals surface area contributed by atoms with Crippen LogP contribution in [0.2, 0.25) is 0 Å². The van der Waals surface area contributed by atoms with Crippen LogP contribution in [0.1, 0.15) is 18.9 Å². The molecule has 2 heteroatoms. The first-order valence-electron chi connectivity index (χ1n) is 5.09. The molecule has 1 aliphatic rings. The molecule has 0 amide bonds. The van der Waals surface area contributed by atoms with E-state index in [1.807, 2.05) is 12.1 Å². The van der Waals surface area contributed by atoms with E-state index in [0.29, 0.717) is 0 Å². The normalized spacial score (nSPS) is 14.8. The van der Waals surface area contributed by atoms with Crippen molar-refractivity contribution in [1.82, 2.24) is 5.32 Å². The van der Waals surface area contributed by atoms with Gasteiger partial charge in [0.05, 0.1) is 0 Å². The maximum Gasteiger partial charge on any atom is 0.189 e. The first-order chi connectivity index (χ1) is 6.88. The second kappa shape index (κ2) is 4.18. The van der Waals surface area contributed by atoms with E-state index in [4.69, 9.17) is 4.74 Å². The van der Waals surface area contributed by atoms with Crippen molar-refractivity contribution in [3.05, 3.63) is 41.8 Å². The monoisotopic (exact) mass is 189 g/mol. The van der Waals surface area contributed by atoms with E-state index in [9.17, 15) is 0 Å². The van der Waals surface area contributed by atoms with Crippen LogP contribution < -0.4 is 10.1 Å². The Morgan fingerprint density at radius 3 is 3.07 bits per heavy atom. The Labute approximate surface area is 84.6 Å². The predicted molar refractivity (Wildman–Crippen MR) is 57.2 cm³/mol. The largest absolute Gasteiger partial charge is 0.442 e. The van der Waals surface area contributed by atoms with E-state index < -0.39 is 0 Å². The van der Waals surface area contributed by atoms with Crippen molar-refractivity contribution in [3.63, 3.8) is 0 Å². The highest BCUT2D eigenvalue weighted by Gasteiger charge is 2.05. The Morgan fingerprint density at radius 2 is 2.36 bits per heavy atom. The van der Waals surface area contributed by atoms with Crippen LogP contribution in [-0.4, -0.2) is 6.54 Å². The van der Waals surface area contributed by atoms with Crippen LogP contribution in [0.15, 0.2) is 36.2 Å². The Hall–Kier alpha value is -1.44. The van der Waals surface area contributed by atoms with Gasteiger partial charge in [-0.05, 0) is 36.6 Å². The van der Waals surface area contributed by atoms with Crippen molar-refractivity contribution in [1.29, 1.82) is 0 Å². The minimum Gasteiger partial charge on any atom is -0.442 e. The molecule has 0 aromatic heterocycles. The van der Waals surface area contributed by atoms with Gasteiger partial charge in [0.1, 0.15) is 5.75 Å². The zero-order chi connectivity index (χ0) is 9.80. The third-order valence-electron chi connectivity index (χ3n) is 2.31. The van der Waals surface area contributed by atoms with Crippen LogP contribution in [-0.2, 0) is 6.42 Å². The summed E-state index contributed by atoms with van der Waals surface area (Å²) in [6.07, 6.45) is 4.19. The van der Waals surface area contributed by atoms with Crippen molar-refractivity contribution in [2.45, 2.75) is 19.8 Å². The molecule has 0 atom stereocenters. The molecule has 0 fully saturated rings. The van der Waals surface area contributed by atoms with Gasteiger partial charge in [0, 0.05) is 6.54 Å². The summed E-state index contributed by atoms with van der Waals surface area (Å²) in [5.74, 6) is 1.81. The Morgan fingerprint density at radius 1 is 1.43 bits per heavy atom. The maximum atomic E-state index is 5.67. The number of hydrogen-bond acceptors (Lipinski definition) is 2. The van der Waals surface area contributed by atoms with E-state index in [0.717, 1.165) is 31.0 Å². The van der Waals surface area contributed by atoms with Crippen LogP contribution in [0, 0.1) is 0 Å². The summed E-state index contributed by atoms with van der Waals surface area (Å²) in [7, 11) is 0. The molecule has 1 heterocycles. The number of rotatable bonds is 3. The standard InChI is InChI=1S/C12H15NO/c1-2-10-5-3-6-11(9-10)14-12-7-4-8-13-12/h3,5-7,9,13H,2,4,8H2,1H3. The molecule has 1 N–H and O–H groups in total. The van der Waals surface area contributed by atoms with Gasteiger partial charge in [0.15, 0.2) is 5.88 Å². The number of hydrogen-bond donors (Lipinski definition) is 1. The van der Waals surface area contributed by atoms with Gasteiger partial charge in [0.25, 0.3) is 0 Å². The van der Waals surface area contributed by atoms with Crippen molar-refractivity contribution < 1.29 is 4.74 Å². The summed E-state index contributed by atoms with van der Waals surface area (Å²) in [4.78, 5) is 0. The molecular weight excluding hydrogens is 174 g/mol. The van der Waals surface area contributed by atoms with Gasteiger partial charge < -0.3 is 10.1 Å². The molecule has 2 nitrogen and oxygen atoms in total. The molecule has 1 aromatic rings. The molecule has 0 spiro atoms. The van der Waals surface area contributed by atoms with E-state index in [1.165, 1.54) is 5.56 Å². The zero-order valence-electron chi connectivity index (χ0n) is 8.42. The molecule has 1 aliphatic heterocycles. The van der Waals surface area contributed by atoms with Crippen molar-refractivity contribution in [3.8, 4) is 5.75 Å². The minimum absolute atomic E-state index is 0.887. The average molecular weight is 189 g/mol. The van der Waals surface area contributed by atoms with E-state index >= 15 is 0 Å². The average Bonchev–Trinajstić information content (AvgIpc) is 2.71. The van der Waals surface area contributed by atoms with Crippen molar-refractivity contribution >= 4 is 0 Å². The van der Waals surface area contributed by atoms with E-state index in [-0.39, 0.29) is 0 Å². The summed E-state index contributed by atoms with van der Waals surface area (Å²) >= 11 is 0. The summed E-state index contributed by atoms with van der Waals surface area (Å²) in [5, 5.41) is 3.18. The molecule has 0 saturated heterocycles. The molecular formula is C12H15NO. The van der Waals surface area contributed by atoms with Crippen molar-refractivity contribution in [2.75, 3.05) is 6.54 Å². The summed E-state index contributed by atoms with van der Waals surface area (Å²) in [6, 6.07) is 8.22. The van der Waals surface area contributed by atoms with Crippen LogP contribution in [0.3, 0.4) is 0 Å². The third-order valence-corrected chi connectivity index (χ3v) is 2.31. The van der Waals surface area contributed by atoms with Gasteiger partial charge in [-0.15, -0.1) is 0 Å². The fraction of sp³-hybridized carbons (Fsp3) is 0.333. The topological polar surface area (TPSA) is 21.3 Å². The summed E-state index contributed by atoms with van der Waals surface area (Å²) < 4.78 is 5.67. The molecule has 1 aromatic carbocycles. The molecule has 0 unspecified atom stereocenters. The highest BCUT2D eigenvalue weighted by molar-refractivity contribution is 5.30. The Kier molecular flexibility index (Phi) is 2.73. The fourth-order valence-electron chi connectivity index (χ4n) is 1.50. The quantitative estimate of drug-likeness (QED) is 0.788. The number of aryl methyl sites for hydroxylation is 1. The zero-order valence-corrected chi connectivity index (χ0v) is 8.42. The smallest absolute Gasteiger partial charge is 0.189 e. The van der Waals surface area contributed by atoms with Crippen molar-refractivity contribution in [2.24, 2.45) is 0 Å².